The van der Waals surface area contributed by atoms with Gasteiger partial charge in [0.25, 0.3) is 0 Å². The molecule has 1 aromatic heterocycles. The molecule has 72 valence electrons. The zero-order valence-corrected chi connectivity index (χ0v) is 8.20. The van der Waals surface area contributed by atoms with Crippen LogP contribution in [0.25, 0.3) is 10.9 Å². The van der Waals surface area contributed by atoms with Crippen molar-refractivity contribution >= 4 is 22.7 Å². The van der Waals surface area contributed by atoms with Crippen LogP contribution in [0.15, 0.2) is 18.2 Å². The van der Waals surface area contributed by atoms with Crippen LogP contribution in [0.4, 0.5) is 11.8 Å². The fourth-order valence-corrected chi connectivity index (χ4v) is 1.50. The molecular weight excluding hydrogens is 176 g/mol. The van der Waals surface area contributed by atoms with Gasteiger partial charge in [0.2, 0.25) is 5.95 Å². The third kappa shape index (κ3) is 1.25. The lowest BCUT2D eigenvalue weighted by atomic mass is 10.1. The summed E-state index contributed by atoms with van der Waals surface area (Å²) in [5.41, 5.74) is 7.82. The molecule has 3 N–H and O–H groups in total. The van der Waals surface area contributed by atoms with Crippen molar-refractivity contribution in [2.75, 3.05) is 18.1 Å². The molecule has 0 aliphatic rings. The molecule has 2 aromatic rings. The highest BCUT2D eigenvalue weighted by Crippen LogP contribution is 2.22. The molecule has 4 heteroatoms. The molecule has 0 radical (unpaired) electrons. The number of hydrogen-bond acceptors (Lipinski definition) is 4. The van der Waals surface area contributed by atoms with E-state index in [2.05, 4.69) is 15.3 Å². The van der Waals surface area contributed by atoms with Gasteiger partial charge in [0.05, 0.1) is 5.52 Å². The van der Waals surface area contributed by atoms with Crippen LogP contribution >= 0.6 is 0 Å². The number of nitrogens with two attached hydrogens (primary N) is 1. The maximum absolute atomic E-state index is 5.84. The molecule has 0 atom stereocenters. The molecule has 0 unspecified atom stereocenters. The van der Waals surface area contributed by atoms with E-state index in [0.29, 0.717) is 11.8 Å². The normalized spacial score (nSPS) is 10.4. The minimum absolute atomic E-state index is 0.525. The van der Waals surface area contributed by atoms with Crippen molar-refractivity contribution in [3.8, 4) is 0 Å². The molecule has 1 heterocycles. The highest BCUT2D eigenvalue weighted by molar-refractivity contribution is 5.91. The molecule has 0 spiro atoms. The van der Waals surface area contributed by atoms with Crippen molar-refractivity contribution in [2.45, 2.75) is 6.92 Å². The number of nitrogen functional groups attached to an aromatic ring is 1. The van der Waals surface area contributed by atoms with Gasteiger partial charge in [0, 0.05) is 12.4 Å². The van der Waals surface area contributed by atoms with Gasteiger partial charge in [-0.25, -0.2) is 4.98 Å². The number of hydrogen-bond donors (Lipinski definition) is 2. The van der Waals surface area contributed by atoms with E-state index in [4.69, 9.17) is 5.73 Å². The van der Waals surface area contributed by atoms with E-state index in [1.165, 1.54) is 0 Å². The van der Waals surface area contributed by atoms with Gasteiger partial charge in [0.1, 0.15) is 5.82 Å². The summed E-state index contributed by atoms with van der Waals surface area (Å²) < 4.78 is 0. The average Bonchev–Trinajstić information content (AvgIpc) is 2.17. The van der Waals surface area contributed by atoms with Crippen LogP contribution in [0.3, 0.4) is 0 Å². The van der Waals surface area contributed by atoms with Gasteiger partial charge in [-0.15, -0.1) is 0 Å². The summed E-state index contributed by atoms with van der Waals surface area (Å²) >= 11 is 0. The van der Waals surface area contributed by atoms with Crippen molar-refractivity contribution in [3.63, 3.8) is 0 Å². The van der Waals surface area contributed by atoms with Crippen LogP contribution in [0, 0.1) is 6.92 Å². The maximum Gasteiger partial charge on any atom is 0.224 e. The van der Waals surface area contributed by atoms with E-state index in [1.54, 1.807) is 7.05 Å². The summed E-state index contributed by atoms with van der Waals surface area (Å²) in [5, 5.41) is 3.81. The third-order valence-corrected chi connectivity index (χ3v) is 2.18. The quantitative estimate of drug-likeness (QED) is 0.712. The molecule has 0 fully saturated rings. The van der Waals surface area contributed by atoms with Crippen LogP contribution in [-0.4, -0.2) is 17.0 Å². The number of fused-ring (bicyclic) bond motifs is 1. The van der Waals surface area contributed by atoms with Gasteiger partial charge in [0.15, 0.2) is 0 Å². The molecule has 1 aromatic carbocycles. The van der Waals surface area contributed by atoms with Gasteiger partial charge in [-0.05, 0) is 18.6 Å². The molecule has 0 saturated carbocycles. The molecule has 0 saturated heterocycles. The fourth-order valence-electron chi connectivity index (χ4n) is 1.50. The van der Waals surface area contributed by atoms with Crippen molar-refractivity contribution in [1.29, 1.82) is 0 Å². The first-order valence-electron chi connectivity index (χ1n) is 4.43. The van der Waals surface area contributed by atoms with Crippen LogP contribution < -0.4 is 11.1 Å². The smallest absolute Gasteiger partial charge is 0.224 e. The topological polar surface area (TPSA) is 63.8 Å². The van der Waals surface area contributed by atoms with E-state index in [-0.39, 0.29) is 0 Å². The van der Waals surface area contributed by atoms with Crippen molar-refractivity contribution in [2.24, 2.45) is 0 Å². The molecule has 0 amide bonds. The first-order valence-corrected chi connectivity index (χ1v) is 4.43. The summed E-state index contributed by atoms with van der Waals surface area (Å²) in [6.07, 6.45) is 0. The highest BCUT2D eigenvalue weighted by atomic mass is 15.1. The Labute approximate surface area is 82.2 Å². The molecule has 0 aliphatic carbocycles. The second-order valence-corrected chi connectivity index (χ2v) is 3.15. The first-order chi connectivity index (χ1) is 6.72. The first kappa shape index (κ1) is 8.74. The molecular formula is C10H12N4. The van der Waals surface area contributed by atoms with Gasteiger partial charge in [-0.1, -0.05) is 12.1 Å². The second kappa shape index (κ2) is 3.14. The summed E-state index contributed by atoms with van der Waals surface area (Å²) in [6, 6.07) is 5.89. The van der Waals surface area contributed by atoms with Crippen LogP contribution in [0.5, 0.6) is 0 Å². The number of benzene rings is 1. The summed E-state index contributed by atoms with van der Waals surface area (Å²) in [7, 11) is 1.77. The number of rotatable bonds is 1. The minimum Gasteiger partial charge on any atom is -0.383 e. The van der Waals surface area contributed by atoms with Gasteiger partial charge in [-0.3, -0.25) is 0 Å². The summed E-state index contributed by atoms with van der Waals surface area (Å²) in [4.78, 5) is 8.45. The third-order valence-electron chi connectivity index (χ3n) is 2.18. The SMILES string of the molecule is CNc1nc(N)c2c(C)cccc2n1. The van der Waals surface area contributed by atoms with E-state index in [0.717, 1.165) is 16.5 Å². The van der Waals surface area contributed by atoms with Crippen molar-refractivity contribution in [1.82, 2.24) is 9.97 Å². The van der Waals surface area contributed by atoms with Gasteiger partial charge >= 0.3 is 0 Å². The Balaban J connectivity index is 2.83. The van der Waals surface area contributed by atoms with E-state index < -0.39 is 0 Å². The Hall–Kier alpha value is -1.84. The minimum atomic E-state index is 0.525. The lowest BCUT2D eigenvalue weighted by molar-refractivity contribution is 1.20. The zero-order chi connectivity index (χ0) is 10.1. The van der Waals surface area contributed by atoms with Crippen LogP contribution in [0.2, 0.25) is 0 Å². The number of anilines is 2. The largest absolute Gasteiger partial charge is 0.383 e. The Bertz CT molecular complexity index is 479. The van der Waals surface area contributed by atoms with Crippen LogP contribution in [0.1, 0.15) is 5.56 Å². The number of aromatic nitrogens is 2. The van der Waals surface area contributed by atoms with E-state index in [1.807, 2.05) is 25.1 Å². The molecule has 14 heavy (non-hydrogen) atoms. The Morgan fingerprint density at radius 1 is 1.29 bits per heavy atom. The Kier molecular flexibility index (Phi) is 1.96. The lowest BCUT2D eigenvalue weighted by Crippen LogP contribution is -2.01. The molecule has 4 nitrogen and oxygen atoms in total. The monoisotopic (exact) mass is 188 g/mol. The van der Waals surface area contributed by atoms with Crippen LogP contribution in [-0.2, 0) is 0 Å². The van der Waals surface area contributed by atoms with Gasteiger partial charge in [-0.2, -0.15) is 4.98 Å². The average molecular weight is 188 g/mol. The Morgan fingerprint density at radius 3 is 2.79 bits per heavy atom. The van der Waals surface area contributed by atoms with Gasteiger partial charge < -0.3 is 11.1 Å². The van der Waals surface area contributed by atoms with Crippen molar-refractivity contribution in [3.05, 3.63) is 23.8 Å². The van der Waals surface area contributed by atoms with Crippen molar-refractivity contribution < 1.29 is 0 Å². The number of nitrogens with one attached hydrogen (secondary N) is 1. The fraction of sp³-hybridized carbons (Fsp3) is 0.200. The highest BCUT2D eigenvalue weighted by Gasteiger charge is 2.05. The summed E-state index contributed by atoms with van der Waals surface area (Å²) in [5.74, 6) is 1.08. The molecule has 2 rings (SSSR count). The molecule has 0 bridgehead atoms. The number of aryl methyl sites for hydroxylation is 1. The maximum atomic E-state index is 5.84. The summed E-state index contributed by atoms with van der Waals surface area (Å²) in [6.45, 7) is 2.00. The number of nitrogens with zero attached hydrogens (tertiary/aromatic N) is 2. The predicted molar refractivity (Wildman–Crippen MR) is 58.2 cm³/mol. The van der Waals surface area contributed by atoms with E-state index in [9.17, 15) is 0 Å². The van der Waals surface area contributed by atoms with E-state index >= 15 is 0 Å². The molecule has 0 aliphatic heterocycles. The second-order valence-electron chi connectivity index (χ2n) is 3.15. The lowest BCUT2D eigenvalue weighted by Gasteiger charge is -2.06. The Morgan fingerprint density at radius 2 is 2.07 bits per heavy atom. The zero-order valence-electron chi connectivity index (χ0n) is 8.20. The predicted octanol–water partition coefficient (Wildman–Crippen LogP) is 1.56. The standard InChI is InChI=1S/C10H12N4/c1-6-4-3-5-7-8(6)9(11)14-10(12-2)13-7/h3-5H,1-2H3,(H3,11,12,13,14).